The molecule has 0 aliphatic heterocycles. The highest BCUT2D eigenvalue weighted by Gasteiger charge is 2.22. The molecule has 1 aromatic heterocycles. The lowest BCUT2D eigenvalue weighted by molar-refractivity contribution is 0.115. The molecule has 0 amide bonds. The van der Waals surface area contributed by atoms with Crippen molar-refractivity contribution in [1.29, 1.82) is 0 Å². The topological polar surface area (TPSA) is 96.7 Å². The van der Waals surface area contributed by atoms with Gasteiger partial charge in [0.05, 0.1) is 29.5 Å². The Kier molecular flexibility index (Phi) is 6.51. The van der Waals surface area contributed by atoms with Crippen LogP contribution < -0.4 is 11.2 Å². The first-order valence-corrected chi connectivity index (χ1v) is 10.7. The molecule has 0 saturated carbocycles. The summed E-state index contributed by atoms with van der Waals surface area (Å²) in [6.07, 6.45) is 5.90. The molecule has 0 spiro atoms. The second kappa shape index (κ2) is 9.49. The highest BCUT2D eigenvalue weighted by Crippen LogP contribution is 2.22. The van der Waals surface area contributed by atoms with Crippen molar-refractivity contribution in [2.24, 2.45) is 5.73 Å². The molecule has 0 aliphatic rings. The number of benzene rings is 3. The molecule has 4 N–H and O–H groups in total. The quantitative estimate of drug-likeness (QED) is 0.370. The maximum absolute atomic E-state index is 13.1. The van der Waals surface area contributed by atoms with E-state index in [2.05, 4.69) is 18.2 Å². The van der Waals surface area contributed by atoms with Gasteiger partial charge in [0.2, 0.25) is 5.43 Å². The minimum Gasteiger partial charge on any atom is -0.456 e. The maximum Gasteiger partial charge on any atom is 0.200 e. The summed E-state index contributed by atoms with van der Waals surface area (Å²) >= 11 is 0. The monoisotopic (exact) mass is 429 g/mol. The van der Waals surface area contributed by atoms with E-state index in [-0.39, 0.29) is 18.6 Å². The van der Waals surface area contributed by atoms with E-state index < -0.39 is 5.54 Å². The summed E-state index contributed by atoms with van der Waals surface area (Å²) < 4.78 is 6.03. The van der Waals surface area contributed by atoms with Crippen LogP contribution in [0.5, 0.6) is 0 Å². The van der Waals surface area contributed by atoms with Crippen LogP contribution in [0.1, 0.15) is 23.1 Å². The van der Waals surface area contributed by atoms with Crippen LogP contribution in [-0.4, -0.2) is 29.0 Å². The first-order valence-electron chi connectivity index (χ1n) is 10.7. The molecule has 3 aromatic carbocycles. The average Bonchev–Trinajstić information content (AvgIpc) is 2.83. The lowest BCUT2D eigenvalue weighted by atomic mass is 9.93. The standard InChI is InChI=1S/C27H27NO4/c28-27(17-29,18-30)14-13-21-9-11-22-25(16-21)32-24-12-10-20(15-23(24)26(22)31)8-4-7-19-5-2-1-3-6-19/h1-6,8-12,15-16,29-30H,7,13-14,17-18,28H2/b8-4+. The largest absolute Gasteiger partial charge is 0.456 e. The summed E-state index contributed by atoms with van der Waals surface area (Å²) in [5.74, 6) is 0. The van der Waals surface area contributed by atoms with Gasteiger partial charge in [0.25, 0.3) is 0 Å². The zero-order chi connectivity index (χ0) is 22.6. The number of aryl methyl sites for hydroxylation is 1. The zero-order valence-corrected chi connectivity index (χ0v) is 17.8. The summed E-state index contributed by atoms with van der Waals surface area (Å²) in [5, 5.41) is 19.8. The third-order valence-electron chi connectivity index (χ3n) is 5.81. The summed E-state index contributed by atoms with van der Waals surface area (Å²) in [4.78, 5) is 13.1. The van der Waals surface area contributed by atoms with Crippen LogP contribution in [0.4, 0.5) is 0 Å². The number of aliphatic hydroxyl groups is 2. The Morgan fingerprint density at radius 1 is 0.875 bits per heavy atom. The molecular weight excluding hydrogens is 402 g/mol. The Morgan fingerprint density at radius 2 is 1.66 bits per heavy atom. The number of hydrogen-bond donors (Lipinski definition) is 3. The average molecular weight is 430 g/mol. The smallest absolute Gasteiger partial charge is 0.200 e. The predicted octanol–water partition coefficient (Wildman–Crippen LogP) is 3.82. The Labute approximate surface area is 186 Å². The molecule has 1 heterocycles. The molecular formula is C27H27NO4. The van der Waals surface area contributed by atoms with Crippen molar-refractivity contribution in [3.63, 3.8) is 0 Å². The van der Waals surface area contributed by atoms with Gasteiger partial charge in [-0.05, 0) is 60.2 Å². The van der Waals surface area contributed by atoms with Gasteiger partial charge in [0.1, 0.15) is 11.2 Å². The van der Waals surface area contributed by atoms with E-state index in [1.54, 1.807) is 6.07 Å². The van der Waals surface area contributed by atoms with Crippen LogP contribution in [0, 0.1) is 0 Å². The van der Waals surface area contributed by atoms with E-state index in [9.17, 15) is 15.0 Å². The molecule has 164 valence electrons. The molecule has 0 unspecified atom stereocenters. The van der Waals surface area contributed by atoms with Gasteiger partial charge in [-0.3, -0.25) is 4.79 Å². The van der Waals surface area contributed by atoms with Gasteiger partial charge in [-0.25, -0.2) is 0 Å². The number of rotatable bonds is 8. The molecule has 0 fully saturated rings. The fraction of sp³-hybridized carbons (Fsp3) is 0.222. The van der Waals surface area contributed by atoms with Gasteiger partial charge in [0, 0.05) is 0 Å². The summed E-state index contributed by atoms with van der Waals surface area (Å²) in [7, 11) is 0. The fourth-order valence-electron chi connectivity index (χ4n) is 3.72. The molecule has 5 heteroatoms. The highest BCUT2D eigenvalue weighted by molar-refractivity contribution is 5.90. The second-order valence-corrected chi connectivity index (χ2v) is 8.29. The molecule has 4 rings (SSSR count). The van der Waals surface area contributed by atoms with Gasteiger partial charge in [-0.15, -0.1) is 0 Å². The lowest BCUT2D eigenvalue weighted by Crippen LogP contribution is -2.47. The minimum absolute atomic E-state index is 0.0648. The number of hydrogen-bond acceptors (Lipinski definition) is 5. The molecule has 0 bridgehead atoms. The van der Waals surface area contributed by atoms with E-state index in [1.807, 2.05) is 54.6 Å². The highest BCUT2D eigenvalue weighted by atomic mass is 16.3. The minimum atomic E-state index is -1.02. The van der Waals surface area contributed by atoms with Gasteiger partial charge in [0.15, 0.2) is 0 Å². The molecule has 32 heavy (non-hydrogen) atoms. The van der Waals surface area contributed by atoms with Crippen molar-refractivity contribution >= 4 is 28.0 Å². The predicted molar refractivity (Wildman–Crippen MR) is 129 cm³/mol. The van der Waals surface area contributed by atoms with Crippen LogP contribution in [-0.2, 0) is 12.8 Å². The van der Waals surface area contributed by atoms with Crippen LogP contribution in [0.15, 0.2) is 82.0 Å². The molecule has 0 radical (unpaired) electrons. The molecule has 4 aromatic rings. The lowest BCUT2D eigenvalue weighted by Gasteiger charge is -2.24. The summed E-state index contributed by atoms with van der Waals surface area (Å²) in [6, 6.07) is 21.3. The second-order valence-electron chi connectivity index (χ2n) is 8.29. The molecule has 0 saturated heterocycles. The normalized spacial score (nSPS) is 12.2. The Bertz CT molecular complexity index is 1300. The number of aliphatic hydroxyl groups excluding tert-OH is 2. The van der Waals surface area contributed by atoms with Crippen LogP contribution >= 0.6 is 0 Å². The van der Waals surface area contributed by atoms with Crippen LogP contribution in [0.3, 0.4) is 0 Å². The Hall–Kier alpha value is -3.25. The molecule has 0 aliphatic carbocycles. The van der Waals surface area contributed by atoms with Crippen molar-refractivity contribution in [2.45, 2.75) is 24.8 Å². The van der Waals surface area contributed by atoms with Crippen molar-refractivity contribution in [3.05, 3.63) is 99.7 Å². The van der Waals surface area contributed by atoms with Crippen LogP contribution in [0.2, 0.25) is 0 Å². The molecule has 0 atom stereocenters. The number of nitrogens with two attached hydrogens (primary N) is 1. The Balaban J connectivity index is 1.60. The summed E-state index contributed by atoms with van der Waals surface area (Å²) in [5.41, 5.74) is 9.03. The first-order chi connectivity index (χ1) is 15.5. The van der Waals surface area contributed by atoms with Crippen molar-refractivity contribution < 1.29 is 14.6 Å². The van der Waals surface area contributed by atoms with Gasteiger partial charge in [-0.2, -0.15) is 0 Å². The van der Waals surface area contributed by atoms with E-state index in [1.165, 1.54) is 5.56 Å². The van der Waals surface area contributed by atoms with Crippen molar-refractivity contribution in [2.75, 3.05) is 13.2 Å². The zero-order valence-electron chi connectivity index (χ0n) is 17.8. The van der Waals surface area contributed by atoms with Crippen molar-refractivity contribution in [3.8, 4) is 0 Å². The van der Waals surface area contributed by atoms with Gasteiger partial charge >= 0.3 is 0 Å². The third-order valence-corrected chi connectivity index (χ3v) is 5.81. The number of fused-ring (bicyclic) bond motifs is 2. The van der Waals surface area contributed by atoms with Crippen LogP contribution in [0.25, 0.3) is 28.0 Å². The first kappa shape index (κ1) is 22.0. The van der Waals surface area contributed by atoms with E-state index in [4.69, 9.17) is 10.2 Å². The van der Waals surface area contributed by atoms with Gasteiger partial charge < -0.3 is 20.4 Å². The third kappa shape index (κ3) is 4.81. The fourth-order valence-corrected chi connectivity index (χ4v) is 3.72. The van der Waals surface area contributed by atoms with Crippen molar-refractivity contribution in [1.82, 2.24) is 0 Å². The SMILES string of the molecule is NC(CO)(CO)CCc1ccc2c(=O)c3cc(/C=C/Cc4ccccc4)ccc3oc2c1. The van der Waals surface area contributed by atoms with E-state index in [0.717, 1.165) is 17.5 Å². The maximum atomic E-state index is 13.1. The Morgan fingerprint density at radius 3 is 2.41 bits per heavy atom. The van der Waals surface area contributed by atoms with E-state index in [0.29, 0.717) is 34.8 Å². The van der Waals surface area contributed by atoms with E-state index >= 15 is 0 Å². The van der Waals surface area contributed by atoms with Gasteiger partial charge in [-0.1, -0.05) is 54.6 Å². The molecule has 5 nitrogen and oxygen atoms in total. The number of allylic oxidation sites excluding steroid dienone is 1. The summed E-state index contributed by atoms with van der Waals surface area (Å²) in [6.45, 7) is -0.585.